The van der Waals surface area contributed by atoms with Gasteiger partial charge < -0.3 is 15.0 Å². The molecule has 0 unspecified atom stereocenters. The first kappa shape index (κ1) is 13.2. The van der Waals surface area contributed by atoms with Gasteiger partial charge in [0.05, 0.1) is 6.61 Å². The summed E-state index contributed by atoms with van der Waals surface area (Å²) in [4.78, 5) is 2.34. The molecular formula is C15H24N2O. The van der Waals surface area contributed by atoms with Gasteiger partial charge in [0, 0.05) is 19.3 Å². The van der Waals surface area contributed by atoms with E-state index in [1.54, 1.807) is 0 Å². The summed E-state index contributed by atoms with van der Waals surface area (Å²) in [6, 6.07) is 6.57. The molecule has 0 aliphatic carbocycles. The molecule has 0 spiro atoms. The molecule has 0 bridgehead atoms. The maximum atomic E-state index is 5.64. The number of benzene rings is 1. The van der Waals surface area contributed by atoms with Crippen LogP contribution in [-0.4, -0.2) is 33.8 Å². The third-order valence-corrected chi connectivity index (χ3v) is 3.50. The van der Waals surface area contributed by atoms with Crippen LogP contribution in [0.5, 0.6) is 5.75 Å². The molecule has 0 radical (unpaired) electrons. The van der Waals surface area contributed by atoms with Crippen molar-refractivity contribution < 1.29 is 4.74 Å². The van der Waals surface area contributed by atoms with Crippen LogP contribution in [0.2, 0.25) is 0 Å². The van der Waals surface area contributed by atoms with E-state index in [0.29, 0.717) is 0 Å². The zero-order valence-corrected chi connectivity index (χ0v) is 11.5. The van der Waals surface area contributed by atoms with E-state index in [9.17, 15) is 0 Å². The van der Waals surface area contributed by atoms with E-state index >= 15 is 0 Å². The van der Waals surface area contributed by atoms with E-state index in [2.05, 4.69) is 35.5 Å². The first-order chi connectivity index (χ1) is 8.81. The number of unbranched alkanes of at least 4 members (excludes halogenated alkanes) is 1. The molecule has 2 rings (SSSR count). The Bertz CT molecular complexity index is 379. The lowest BCUT2D eigenvalue weighted by atomic mass is 10.1. The molecule has 0 aromatic heterocycles. The maximum absolute atomic E-state index is 5.64. The molecule has 0 atom stereocenters. The Morgan fingerprint density at radius 1 is 1.33 bits per heavy atom. The number of ether oxygens (including phenoxy) is 1. The van der Waals surface area contributed by atoms with E-state index in [0.717, 1.165) is 38.3 Å². The van der Waals surface area contributed by atoms with Gasteiger partial charge in [-0.05, 0) is 63.0 Å². The van der Waals surface area contributed by atoms with E-state index in [4.69, 9.17) is 4.74 Å². The van der Waals surface area contributed by atoms with Crippen LogP contribution < -0.4 is 15.0 Å². The van der Waals surface area contributed by atoms with Crippen molar-refractivity contribution in [3.8, 4) is 5.75 Å². The van der Waals surface area contributed by atoms with Gasteiger partial charge in [0.1, 0.15) is 5.75 Å². The Morgan fingerprint density at radius 2 is 2.22 bits per heavy atom. The molecule has 1 heterocycles. The average molecular weight is 248 g/mol. The van der Waals surface area contributed by atoms with Crippen LogP contribution >= 0.6 is 0 Å². The number of hydrogen-bond acceptors (Lipinski definition) is 3. The summed E-state index contributed by atoms with van der Waals surface area (Å²) >= 11 is 0. The predicted molar refractivity (Wildman–Crippen MR) is 76.7 cm³/mol. The number of aryl methyl sites for hydroxylation is 1. The van der Waals surface area contributed by atoms with E-state index < -0.39 is 0 Å². The Morgan fingerprint density at radius 3 is 3.06 bits per heavy atom. The summed E-state index contributed by atoms with van der Waals surface area (Å²) in [6.45, 7) is 3.08. The molecule has 18 heavy (non-hydrogen) atoms. The van der Waals surface area contributed by atoms with Crippen molar-refractivity contribution in [2.75, 3.05) is 38.7 Å². The molecule has 3 heteroatoms. The van der Waals surface area contributed by atoms with Crippen LogP contribution in [-0.2, 0) is 6.42 Å². The number of nitrogens with one attached hydrogen (secondary N) is 1. The van der Waals surface area contributed by atoms with Gasteiger partial charge in [0.2, 0.25) is 0 Å². The van der Waals surface area contributed by atoms with Crippen LogP contribution in [0.3, 0.4) is 0 Å². The molecule has 1 N–H and O–H groups in total. The summed E-state index contributed by atoms with van der Waals surface area (Å²) in [7, 11) is 4.18. The molecule has 0 saturated heterocycles. The van der Waals surface area contributed by atoms with Gasteiger partial charge >= 0.3 is 0 Å². The number of hydrogen-bond donors (Lipinski definition) is 1. The SMILES string of the molecule is CNCCCCN(C)c1ccc2c(c1)CCCO2. The number of rotatable bonds is 6. The molecule has 1 aliphatic heterocycles. The van der Waals surface area contributed by atoms with Crippen molar-refractivity contribution in [3.63, 3.8) is 0 Å². The minimum atomic E-state index is 0.867. The van der Waals surface area contributed by atoms with Gasteiger partial charge in [-0.3, -0.25) is 0 Å². The highest BCUT2D eigenvalue weighted by Crippen LogP contribution is 2.28. The molecule has 3 nitrogen and oxygen atoms in total. The smallest absolute Gasteiger partial charge is 0.122 e. The second kappa shape index (κ2) is 6.64. The topological polar surface area (TPSA) is 24.5 Å². The number of nitrogens with zero attached hydrogens (tertiary/aromatic N) is 1. The largest absolute Gasteiger partial charge is 0.493 e. The summed E-state index contributed by atoms with van der Waals surface area (Å²) in [5.41, 5.74) is 2.67. The van der Waals surface area contributed by atoms with Crippen LogP contribution in [0.4, 0.5) is 5.69 Å². The summed E-state index contributed by atoms with van der Waals surface area (Å²) in [5, 5.41) is 3.19. The fourth-order valence-corrected chi connectivity index (χ4v) is 2.36. The average Bonchev–Trinajstić information content (AvgIpc) is 2.43. The van der Waals surface area contributed by atoms with Crippen LogP contribution in [0.15, 0.2) is 18.2 Å². The van der Waals surface area contributed by atoms with Crippen LogP contribution in [0.1, 0.15) is 24.8 Å². The van der Waals surface area contributed by atoms with Gasteiger partial charge in [-0.1, -0.05) is 0 Å². The van der Waals surface area contributed by atoms with Crippen molar-refractivity contribution in [1.29, 1.82) is 0 Å². The molecule has 1 aromatic rings. The highest BCUT2D eigenvalue weighted by molar-refractivity contribution is 5.53. The molecule has 0 fully saturated rings. The zero-order valence-electron chi connectivity index (χ0n) is 11.5. The van der Waals surface area contributed by atoms with Crippen molar-refractivity contribution in [3.05, 3.63) is 23.8 Å². The third-order valence-electron chi connectivity index (χ3n) is 3.50. The molecule has 0 amide bonds. The molecule has 100 valence electrons. The Kier molecular flexibility index (Phi) is 4.88. The Labute approximate surface area is 110 Å². The summed E-state index contributed by atoms with van der Waals surface area (Å²) in [6.07, 6.45) is 4.75. The minimum Gasteiger partial charge on any atom is -0.493 e. The standard InChI is InChI=1S/C15H24N2O/c1-16-9-3-4-10-17(2)14-7-8-15-13(12-14)6-5-11-18-15/h7-8,12,16H,3-6,9-11H2,1-2H3. The minimum absolute atomic E-state index is 0.867. The number of fused-ring (bicyclic) bond motifs is 1. The molecular weight excluding hydrogens is 224 g/mol. The summed E-state index contributed by atoms with van der Waals surface area (Å²) < 4.78 is 5.64. The van der Waals surface area contributed by atoms with Gasteiger partial charge in [0.25, 0.3) is 0 Å². The Balaban J connectivity index is 1.91. The van der Waals surface area contributed by atoms with Crippen molar-refractivity contribution >= 4 is 5.69 Å². The van der Waals surface area contributed by atoms with Crippen LogP contribution in [0.25, 0.3) is 0 Å². The normalized spacial score (nSPS) is 13.9. The number of anilines is 1. The lowest BCUT2D eigenvalue weighted by Gasteiger charge is -2.23. The lowest BCUT2D eigenvalue weighted by molar-refractivity contribution is 0.288. The predicted octanol–water partition coefficient (Wildman–Crippen LogP) is 2.45. The Hall–Kier alpha value is -1.22. The van der Waals surface area contributed by atoms with Gasteiger partial charge in [-0.25, -0.2) is 0 Å². The lowest BCUT2D eigenvalue weighted by Crippen LogP contribution is -2.20. The molecule has 1 aromatic carbocycles. The second-order valence-electron chi connectivity index (χ2n) is 4.98. The monoisotopic (exact) mass is 248 g/mol. The quantitative estimate of drug-likeness (QED) is 0.783. The van der Waals surface area contributed by atoms with Crippen molar-refractivity contribution in [1.82, 2.24) is 5.32 Å². The van der Waals surface area contributed by atoms with Crippen molar-refractivity contribution in [2.24, 2.45) is 0 Å². The summed E-state index contributed by atoms with van der Waals surface area (Å²) in [5.74, 6) is 1.08. The second-order valence-corrected chi connectivity index (χ2v) is 4.98. The highest BCUT2D eigenvalue weighted by Gasteiger charge is 2.11. The third kappa shape index (κ3) is 3.39. The fraction of sp³-hybridized carbons (Fsp3) is 0.600. The van der Waals surface area contributed by atoms with E-state index in [1.807, 2.05) is 7.05 Å². The first-order valence-electron chi connectivity index (χ1n) is 6.92. The maximum Gasteiger partial charge on any atom is 0.122 e. The first-order valence-corrected chi connectivity index (χ1v) is 6.92. The van der Waals surface area contributed by atoms with Gasteiger partial charge in [-0.15, -0.1) is 0 Å². The van der Waals surface area contributed by atoms with Gasteiger partial charge in [0.15, 0.2) is 0 Å². The zero-order chi connectivity index (χ0) is 12.8. The van der Waals surface area contributed by atoms with Gasteiger partial charge in [-0.2, -0.15) is 0 Å². The van der Waals surface area contributed by atoms with E-state index in [-0.39, 0.29) is 0 Å². The van der Waals surface area contributed by atoms with Crippen molar-refractivity contribution in [2.45, 2.75) is 25.7 Å². The highest BCUT2D eigenvalue weighted by atomic mass is 16.5. The van der Waals surface area contributed by atoms with Crippen LogP contribution in [0, 0.1) is 0 Å². The molecule has 0 saturated carbocycles. The molecule has 1 aliphatic rings. The van der Waals surface area contributed by atoms with E-state index in [1.165, 1.54) is 24.1 Å². The fourth-order valence-electron chi connectivity index (χ4n) is 2.36.